The number of hydrogen-bond donors (Lipinski definition) is 0. The van der Waals surface area contributed by atoms with Gasteiger partial charge in [0.15, 0.2) is 0 Å². The second-order valence-corrected chi connectivity index (χ2v) is 5.66. The van der Waals surface area contributed by atoms with Gasteiger partial charge < -0.3 is 4.90 Å². The summed E-state index contributed by atoms with van der Waals surface area (Å²) in [5.74, 6) is -0.00338. The van der Waals surface area contributed by atoms with Gasteiger partial charge in [-0.3, -0.25) is 14.3 Å². The van der Waals surface area contributed by atoms with Gasteiger partial charge in [0.1, 0.15) is 11.6 Å². The lowest BCUT2D eigenvalue weighted by molar-refractivity contribution is 0.567. The highest BCUT2D eigenvalue weighted by atomic mass is 19.1. The third-order valence-electron chi connectivity index (χ3n) is 3.60. The minimum Gasteiger partial charge on any atom is -0.383 e. The normalized spacial score (nSPS) is 11.3. The molecule has 2 aromatic heterocycles. The van der Waals surface area contributed by atoms with Gasteiger partial charge in [0.2, 0.25) is 0 Å². The van der Waals surface area contributed by atoms with Crippen LogP contribution in [0.2, 0.25) is 0 Å². The van der Waals surface area contributed by atoms with Gasteiger partial charge in [0.05, 0.1) is 22.3 Å². The van der Waals surface area contributed by atoms with E-state index in [2.05, 4.69) is 9.97 Å². The molecule has 122 valence electrons. The van der Waals surface area contributed by atoms with Gasteiger partial charge in [-0.2, -0.15) is 0 Å². The van der Waals surface area contributed by atoms with Gasteiger partial charge in [-0.05, 0) is 43.3 Å². The number of fused-ring (bicyclic) bond motifs is 1. The number of benzene rings is 1. The van der Waals surface area contributed by atoms with E-state index in [0.717, 1.165) is 0 Å². The Bertz CT molecular complexity index is 992. The lowest BCUT2D eigenvalue weighted by Gasteiger charge is -2.13. The molecule has 6 heteroatoms. The molecule has 0 spiro atoms. The number of aromatic nitrogens is 3. The first-order valence-corrected chi connectivity index (χ1v) is 7.46. The Balaban J connectivity index is 2.39. The third-order valence-corrected chi connectivity index (χ3v) is 3.60. The second kappa shape index (κ2) is 6.23. The minimum absolute atomic E-state index is 0.236. The van der Waals surface area contributed by atoms with Crippen LogP contribution in [0.15, 0.2) is 47.5 Å². The minimum atomic E-state index is -0.465. The molecular formula is C18H17FN4O. The number of hydrogen-bond acceptors (Lipinski definition) is 4. The molecule has 0 radical (unpaired) electrons. The molecule has 3 rings (SSSR count). The molecule has 0 fully saturated rings. The van der Waals surface area contributed by atoms with Crippen molar-refractivity contribution < 1.29 is 4.39 Å². The van der Waals surface area contributed by atoms with Crippen LogP contribution < -0.4 is 5.56 Å². The van der Waals surface area contributed by atoms with Crippen LogP contribution in [-0.4, -0.2) is 33.5 Å². The maximum absolute atomic E-state index is 13.6. The number of rotatable bonds is 3. The molecule has 0 saturated carbocycles. The molecule has 3 aromatic rings. The summed E-state index contributed by atoms with van der Waals surface area (Å²) >= 11 is 0. The highest BCUT2D eigenvalue weighted by molar-refractivity contribution is 5.79. The van der Waals surface area contributed by atoms with Gasteiger partial charge in [-0.25, -0.2) is 9.37 Å². The average Bonchev–Trinajstić information content (AvgIpc) is 2.55. The van der Waals surface area contributed by atoms with E-state index in [9.17, 15) is 9.18 Å². The summed E-state index contributed by atoms with van der Waals surface area (Å²) in [6.07, 6.45) is 5.21. The Morgan fingerprint density at radius 2 is 2.04 bits per heavy atom. The summed E-state index contributed by atoms with van der Waals surface area (Å²) in [4.78, 5) is 23.6. The number of nitrogens with zero attached hydrogens (tertiary/aromatic N) is 4. The Kier molecular flexibility index (Phi) is 4.12. The van der Waals surface area contributed by atoms with E-state index < -0.39 is 5.82 Å². The van der Waals surface area contributed by atoms with E-state index >= 15 is 0 Å². The number of halogens is 1. The van der Waals surface area contributed by atoms with Crippen LogP contribution in [0.3, 0.4) is 0 Å². The van der Waals surface area contributed by atoms with Gasteiger partial charge in [-0.15, -0.1) is 0 Å². The predicted molar refractivity (Wildman–Crippen MR) is 92.6 cm³/mol. The molecule has 0 aliphatic carbocycles. The fourth-order valence-corrected chi connectivity index (χ4v) is 2.45. The Morgan fingerprint density at radius 1 is 1.25 bits per heavy atom. The topological polar surface area (TPSA) is 51.0 Å². The lowest BCUT2D eigenvalue weighted by Crippen LogP contribution is -2.23. The highest BCUT2D eigenvalue weighted by Crippen LogP contribution is 2.16. The van der Waals surface area contributed by atoms with Crippen molar-refractivity contribution in [3.8, 4) is 5.69 Å². The monoisotopic (exact) mass is 324 g/mol. The van der Waals surface area contributed by atoms with Crippen molar-refractivity contribution in [1.82, 2.24) is 19.4 Å². The average molecular weight is 324 g/mol. The molecular weight excluding hydrogens is 307 g/mol. The summed E-state index contributed by atoms with van der Waals surface area (Å²) in [6, 6.07) is 7.58. The first kappa shape index (κ1) is 15.9. The summed E-state index contributed by atoms with van der Waals surface area (Å²) in [5.41, 5.74) is 1.45. The number of aryl methyl sites for hydroxylation is 1. The van der Waals surface area contributed by atoms with Crippen molar-refractivity contribution in [2.75, 3.05) is 14.1 Å². The Hall–Kier alpha value is -3.02. The maximum atomic E-state index is 13.6. The van der Waals surface area contributed by atoms with Crippen molar-refractivity contribution in [3.05, 3.63) is 70.4 Å². The molecule has 24 heavy (non-hydrogen) atoms. The van der Waals surface area contributed by atoms with Crippen LogP contribution in [0.4, 0.5) is 4.39 Å². The van der Waals surface area contributed by atoms with E-state index in [1.54, 1.807) is 30.6 Å². The molecule has 0 N–H and O–H groups in total. The van der Waals surface area contributed by atoms with Crippen molar-refractivity contribution in [3.63, 3.8) is 0 Å². The van der Waals surface area contributed by atoms with Crippen molar-refractivity contribution in [1.29, 1.82) is 0 Å². The lowest BCUT2D eigenvalue weighted by atomic mass is 10.2. The van der Waals surface area contributed by atoms with Gasteiger partial charge >= 0.3 is 0 Å². The first-order valence-electron chi connectivity index (χ1n) is 7.46. The largest absolute Gasteiger partial charge is 0.383 e. The molecule has 2 heterocycles. The van der Waals surface area contributed by atoms with Crippen LogP contribution in [0.5, 0.6) is 0 Å². The molecule has 0 bridgehead atoms. The van der Waals surface area contributed by atoms with E-state index in [1.165, 1.54) is 22.8 Å². The zero-order valence-corrected chi connectivity index (χ0v) is 13.7. The Morgan fingerprint density at radius 3 is 2.75 bits per heavy atom. The summed E-state index contributed by atoms with van der Waals surface area (Å²) < 4.78 is 15.0. The Labute approximate surface area is 138 Å². The first-order chi connectivity index (χ1) is 11.5. The predicted octanol–water partition coefficient (Wildman–Crippen LogP) is 2.76. The van der Waals surface area contributed by atoms with Gasteiger partial charge in [-0.1, -0.05) is 0 Å². The smallest absolute Gasteiger partial charge is 0.266 e. The van der Waals surface area contributed by atoms with Crippen molar-refractivity contribution in [2.45, 2.75) is 6.92 Å². The van der Waals surface area contributed by atoms with Crippen LogP contribution >= 0.6 is 0 Å². The molecule has 0 aliphatic heterocycles. The molecule has 0 amide bonds. The SMILES string of the molecule is Cc1ncccc1-n1c(/C=C/N(C)C)nc2ccc(F)cc2c1=O. The van der Waals surface area contributed by atoms with Crippen LogP contribution in [0.1, 0.15) is 11.5 Å². The highest BCUT2D eigenvalue weighted by Gasteiger charge is 2.13. The fourth-order valence-electron chi connectivity index (χ4n) is 2.45. The van der Waals surface area contributed by atoms with Crippen LogP contribution in [0.25, 0.3) is 22.7 Å². The van der Waals surface area contributed by atoms with Gasteiger partial charge in [0.25, 0.3) is 5.56 Å². The quantitative estimate of drug-likeness (QED) is 0.743. The van der Waals surface area contributed by atoms with E-state index in [-0.39, 0.29) is 10.9 Å². The third kappa shape index (κ3) is 2.90. The maximum Gasteiger partial charge on any atom is 0.266 e. The zero-order valence-electron chi connectivity index (χ0n) is 13.7. The van der Waals surface area contributed by atoms with Crippen LogP contribution in [0, 0.1) is 12.7 Å². The summed E-state index contributed by atoms with van der Waals surface area (Å²) in [6.45, 7) is 1.82. The zero-order chi connectivity index (χ0) is 17.3. The molecule has 0 atom stereocenters. The fraction of sp³-hybridized carbons (Fsp3) is 0.167. The second-order valence-electron chi connectivity index (χ2n) is 5.66. The molecule has 0 saturated heterocycles. The van der Waals surface area contributed by atoms with Crippen LogP contribution in [-0.2, 0) is 0 Å². The summed E-state index contributed by atoms with van der Waals surface area (Å²) in [5, 5.41) is 0.236. The summed E-state index contributed by atoms with van der Waals surface area (Å²) in [7, 11) is 3.76. The van der Waals surface area contributed by atoms with E-state index in [4.69, 9.17) is 0 Å². The molecule has 1 aromatic carbocycles. The standard InChI is InChI=1S/C18H17FN4O/c1-12-16(5-4-9-20-12)23-17(8-10-22(2)3)21-15-7-6-13(19)11-14(15)18(23)24/h4-11H,1-3H3/b10-8+. The molecule has 0 aliphatic rings. The molecule has 5 nitrogen and oxygen atoms in total. The van der Waals surface area contributed by atoms with E-state index in [1.807, 2.05) is 25.9 Å². The van der Waals surface area contributed by atoms with Crippen molar-refractivity contribution >= 4 is 17.0 Å². The van der Waals surface area contributed by atoms with Gasteiger partial charge in [0, 0.05) is 26.5 Å². The van der Waals surface area contributed by atoms with E-state index in [0.29, 0.717) is 22.7 Å². The molecule has 0 unspecified atom stereocenters. The van der Waals surface area contributed by atoms with Crippen molar-refractivity contribution in [2.24, 2.45) is 0 Å². The number of pyridine rings is 1.